The highest BCUT2D eigenvalue weighted by molar-refractivity contribution is 5.87. The second kappa shape index (κ2) is 7.79. The van der Waals surface area contributed by atoms with Crippen LogP contribution in [0, 0.1) is 0 Å². The maximum Gasteiger partial charge on any atom is 0.245 e. The summed E-state index contributed by atoms with van der Waals surface area (Å²) >= 11 is 0. The van der Waals surface area contributed by atoms with Gasteiger partial charge >= 0.3 is 0 Å². The molecule has 1 aliphatic rings. The van der Waals surface area contributed by atoms with Crippen LogP contribution < -0.4 is 9.47 Å². The Balaban J connectivity index is 1.74. The highest BCUT2D eigenvalue weighted by Gasteiger charge is 2.25. The number of carbonyl (C=O) groups is 1. The third-order valence-electron chi connectivity index (χ3n) is 4.22. The number of ether oxygens (including phenoxy) is 2. The van der Waals surface area contributed by atoms with E-state index >= 15 is 0 Å². The summed E-state index contributed by atoms with van der Waals surface area (Å²) in [7, 11) is 1.61. The quantitative estimate of drug-likeness (QED) is 0.783. The van der Waals surface area contributed by atoms with Crippen LogP contribution in [-0.4, -0.2) is 41.0 Å². The van der Waals surface area contributed by atoms with E-state index in [1.54, 1.807) is 30.5 Å². The zero-order valence-electron chi connectivity index (χ0n) is 14.2. The van der Waals surface area contributed by atoms with E-state index in [1.165, 1.54) is 6.08 Å². The average molecular weight is 339 g/mol. The zero-order valence-corrected chi connectivity index (χ0v) is 14.2. The van der Waals surface area contributed by atoms with Gasteiger partial charge in [-0.2, -0.15) is 0 Å². The molecule has 0 aliphatic carbocycles. The molecule has 0 spiro atoms. The molecule has 130 valence electrons. The molecule has 1 aliphatic heterocycles. The van der Waals surface area contributed by atoms with Gasteiger partial charge in [0.2, 0.25) is 11.8 Å². The number of hydrogen-bond acceptors (Lipinski definition) is 5. The Bertz CT molecular complexity index is 763. The summed E-state index contributed by atoms with van der Waals surface area (Å²) in [5.41, 5.74) is 0.835. The number of amides is 1. The van der Waals surface area contributed by atoms with Gasteiger partial charge in [-0.1, -0.05) is 12.6 Å². The van der Waals surface area contributed by atoms with Crippen LogP contribution in [0.1, 0.15) is 24.5 Å². The summed E-state index contributed by atoms with van der Waals surface area (Å²) < 4.78 is 11.0. The molecule has 1 unspecified atom stereocenters. The molecular weight excluding hydrogens is 318 g/mol. The minimum absolute atomic E-state index is 0.0403. The lowest BCUT2D eigenvalue weighted by atomic mass is 9.95. The van der Waals surface area contributed by atoms with Gasteiger partial charge < -0.3 is 14.4 Å². The van der Waals surface area contributed by atoms with E-state index in [-0.39, 0.29) is 11.8 Å². The highest BCUT2D eigenvalue weighted by Crippen LogP contribution is 2.28. The van der Waals surface area contributed by atoms with Gasteiger partial charge in [0.05, 0.1) is 19.0 Å². The lowest BCUT2D eigenvalue weighted by Crippen LogP contribution is -2.38. The van der Waals surface area contributed by atoms with Gasteiger partial charge in [-0.05, 0) is 31.1 Å². The number of nitrogens with zero attached hydrogens (tertiary/aromatic N) is 3. The molecular formula is C19H21N3O3. The summed E-state index contributed by atoms with van der Waals surface area (Å²) in [4.78, 5) is 22.5. The fourth-order valence-electron chi connectivity index (χ4n) is 2.94. The third-order valence-corrected chi connectivity index (χ3v) is 4.22. The molecule has 1 amide bonds. The van der Waals surface area contributed by atoms with E-state index in [0.717, 1.165) is 25.1 Å². The average Bonchev–Trinajstić information content (AvgIpc) is 2.68. The molecule has 2 heterocycles. The molecule has 1 aromatic carbocycles. The largest absolute Gasteiger partial charge is 0.497 e. The first-order valence-corrected chi connectivity index (χ1v) is 8.25. The standard InChI is InChI=1S/C19H21N3O3/c1-3-19(23)22-9-5-6-14(13-22)17-11-20-12-18(21-17)25-16-8-4-7-15(10-16)24-2/h3-4,7-8,10-12,14H,1,5-6,9,13H2,2H3. The van der Waals surface area contributed by atoms with Gasteiger partial charge in [-0.15, -0.1) is 0 Å². The predicted molar refractivity (Wildman–Crippen MR) is 93.9 cm³/mol. The van der Waals surface area contributed by atoms with Crippen LogP contribution in [0.25, 0.3) is 0 Å². The summed E-state index contributed by atoms with van der Waals surface area (Å²) in [6.07, 6.45) is 6.59. The fraction of sp³-hybridized carbons (Fsp3) is 0.316. The molecule has 6 heteroatoms. The normalized spacial score (nSPS) is 17.0. The smallest absolute Gasteiger partial charge is 0.245 e. The van der Waals surface area contributed by atoms with Crippen LogP contribution in [0.15, 0.2) is 49.3 Å². The monoisotopic (exact) mass is 339 g/mol. The third kappa shape index (κ3) is 4.15. The summed E-state index contributed by atoms with van der Waals surface area (Å²) in [6, 6.07) is 7.33. The molecule has 1 atom stereocenters. The van der Waals surface area contributed by atoms with Crippen molar-refractivity contribution in [2.45, 2.75) is 18.8 Å². The molecule has 1 saturated heterocycles. The van der Waals surface area contributed by atoms with Crippen molar-refractivity contribution in [3.8, 4) is 17.4 Å². The molecule has 3 rings (SSSR count). The van der Waals surface area contributed by atoms with Crippen LogP contribution in [0.4, 0.5) is 0 Å². The van der Waals surface area contributed by atoms with Crippen LogP contribution in [0.2, 0.25) is 0 Å². The number of piperidine rings is 1. The second-order valence-electron chi connectivity index (χ2n) is 5.89. The number of aromatic nitrogens is 2. The topological polar surface area (TPSA) is 64.6 Å². The molecule has 6 nitrogen and oxygen atoms in total. The van der Waals surface area contributed by atoms with E-state index in [1.807, 2.05) is 18.2 Å². The van der Waals surface area contributed by atoms with E-state index in [0.29, 0.717) is 23.9 Å². The van der Waals surface area contributed by atoms with E-state index in [2.05, 4.69) is 16.5 Å². The van der Waals surface area contributed by atoms with Crippen LogP contribution in [0.3, 0.4) is 0 Å². The maximum absolute atomic E-state index is 11.8. The Morgan fingerprint density at radius 3 is 3.00 bits per heavy atom. The van der Waals surface area contributed by atoms with Crippen LogP contribution >= 0.6 is 0 Å². The van der Waals surface area contributed by atoms with Gasteiger partial charge in [-0.3, -0.25) is 9.78 Å². The lowest BCUT2D eigenvalue weighted by Gasteiger charge is -2.31. The van der Waals surface area contributed by atoms with Gasteiger partial charge in [0.1, 0.15) is 11.5 Å². The first-order chi connectivity index (χ1) is 12.2. The van der Waals surface area contributed by atoms with Crippen molar-refractivity contribution in [1.82, 2.24) is 14.9 Å². The Morgan fingerprint density at radius 2 is 2.20 bits per heavy atom. The second-order valence-corrected chi connectivity index (χ2v) is 5.89. The maximum atomic E-state index is 11.8. The number of carbonyl (C=O) groups excluding carboxylic acids is 1. The van der Waals surface area contributed by atoms with Gasteiger partial charge in [-0.25, -0.2) is 4.98 Å². The van der Waals surface area contributed by atoms with Gasteiger partial charge in [0.25, 0.3) is 0 Å². The number of rotatable bonds is 5. The van der Waals surface area contributed by atoms with E-state index in [9.17, 15) is 4.79 Å². The number of methoxy groups -OCH3 is 1. The number of hydrogen-bond donors (Lipinski definition) is 0. The van der Waals surface area contributed by atoms with Crippen molar-refractivity contribution in [1.29, 1.82) is 0 Å². The molecule has 1 aromatic heterocycles. The van der Waals surface area contributed by atoms with Crippen LogP contribution in [0.5, 0.6) is 17.4 Å². The summed E-state index contributed by atoms with van der Waals surface area (Å²) in [6.45, 7) is 4.95. The van der Waals surface area contributed by atoms with Crippen molar-refractivity contribution in [3.63, 3.8) is 0 Å². The zero-order chi connectivity index (χ0) is 17.6. The molecule has 25 heavy (non-hydrogen) atoms. The van der Waals surface area contributed by atoms with Crippen molar-refractivity contribution in [3.05, 3.63) is 55.0 Å². The SMILES string of the molecule is C=CC(=O)N1CCCC(c2cncc(Oc3cccc(OC)c3)n2)C1. The molecule has 0 saturated carbocycles. The number of benzene rings is 1. The first-order valence-electron chi connectivity index (χ1n) is 8.25. The molecule has 0 radical (unpaired) electrons. The molecule has 2 aromatic rings. The minimum atomic E-state index is -0.0403. The molecule has 1 fully saturated rings. The fourth-order valence-corrected chi connectivity index (χ4v) is 2.94. The summed E-state index contributed by atoms with van der Waals surface area (Å²) in [5, 5.41) is 0. The summed E-state index contributed by atoms with van der Waals surface area (Å²) in [5.74, 6) is 1.89. The highest BCUT2D eigenvalue weighted by atomic mass is 16.5. The molecule has 0 N–H and O–H groups in total. The number of likely N-dealkylation sites (tertiary alicyclic amines) is 1. The lowest BCUT2D eigenvalue weighted by molar-refractivity contribution is -0.127. The van der Waals surface area contributed by atoms with Crippen molar-refractivity contribution in [2.75, 3.05) is 20.2 Å². The van der Waals surface area contributed by atoms with Crippen molar-refractivity contribution < 1.29 is 14.3 Å². The Kier molecular flexibility index (Phi) is 5.28. The van der Waals surface area contributed by atoms with Gasteiger partial charge in [0, 0.05) is 31.3 Å². The Hall–Kier alpha value is -2.89. The van der Waals surface area contributed by atoms with E-state index in [4.69, 9.17) is 9.47 Å². The molecule has 0 bridgehead atoms. The minimum Gasteiger partial charge on any atom is -0.497 e. The van der Waals surface area contributed by atoms with Crippen molar-refractivity contribution in [2.24, 2.45) is 0 Å². The Labute approximate surface area is 147 Å². The first kappa shape index (κ1) is 17.0. The van der Waals surface area contributed by atoms with Crippen molar-refractivity contribution >= 4 is 5.91 Å². The van der Waals surface area contributed by atoms with E-state index < -0.39 is 0 Å². The van der Waals surface area contributed by atoms with Crippen LogP contribution in [-0.2, 0) is 4.79 Å². The predicted octanol–water partition coefficient (Wildman–Crippen LogP) is 3.17. The Morgan fingerprint density at radius 1 is 1.36 bits per heavy atom. The van der Waals surface area contributed by atoms with Gasteiger partial charge in [0.15, 0.2) is 0 Å².